The third-order valence-electron chi connectivity index (χ3n) is 4.20. The van der Waals surface area contributed by atoms with Crippen molar-refractivity contribution in [3.05, 3.63) is 71.9 Å². The van der Waals surface area contributed by atoms with Crippen LogP contribution in [0.25, 0.3) is 10.9 Å². The lowest BCUT2D eigenvalue weighted by Gasteiger charge is -2.07. The van der Waals surface area contributed by atoms with Crippen LogP contribution in [0.4, 0.5) is 8.78 Å². The van der Waals surface area contributed by atoms with Crippen molar-refractivity contribution in [2.24, 2.45) is 0 Å². The van der Waals surface area contributed by atoms with E-state index in [9.17, 15) is 23.2 Å². The van der Waals surface area contributed by atoms with Crippen LogP contribution in [0.5, 0.6) is 5.75 Å². The first-order chi connectivity index (χ1) is 14.9. The van der Waals surface area contributed by atoms with Crippen LogP contribution in [0, 0.1) is 0 Å². The summed E-state index contributed by atoms with van der Waals surface area (Å²) in [6.45, 7) is -3.60. The lowest BCUT2D eigenvalue weighted by Crippen LogP contribution is -2.34. The maximum Gasteiger partial charge on any atom is 0.387 e. The van der Waals surface area contributed by atoms with E-state index in [0.717, 1.165) is 16.6 Å². The average molecular weight is 428 g/mol. The zero-order chi connectivity index (χ0) is 22.2. The summed E-state index contributed by atoms with van der Waals surface area (Å²) in [5.41, 5.74) is 1.60. The van der Waals surface area contributed by atoms with Gasteiger partial charge < -0.3 is 9.47 Å². The van der Waals surface area contributed by atoms with E-state index < -0.39 is 31.0 Å². The second-order valence-corrected chi connectivity index (χ2v) is 6.44. The Morgan fingerprint density at radius 3 is 2.45 bits per heavy atom. The average Bonchev–Trinajstić information content (AvgIpc) is 2.76. The topological polar surface area (TPSA) is 94.6 Å². The minimum Gasteiger partial charge on any atom is -0.456 e. The second-order valence-electron chi connectivity index (χ2n) is 6.44. The van der Waals surface area contributed by atoms with Crippen molar-refractivity contribution in [3.63, 3.8) is 0 Å². The molecular formula is C22H18F2N2O5. The van der Waals surface area contributed by atoms with Crippen molar-refractivity contribution >= 4 is 28.7 Å². The number of aromatic nitrogens is 1. The van der Waals surface area contributed by atoms with Gasteiger partial charge in [-0.3, -0.25) is 24.7 Å². The van der Waals surface area contributed by atoms with Crippen LogP contribution in [-0.4, -0.2) is 36.0 Å². The van der Waals surface area contributed by atoms with Crippen molar-refractivity contribution < 1.29 is 32.6 Å². The number of imide groups is 1. The Balaban J connectivity index is 1.42. The highest BCUT2D eigenvalue weighted by Gasteiger charge is 2.14. The number of carbonyl (C=O) groups excluding carboxylic acids is 3. The fourth-order valence-electron chi connectivity index (χ4n) is 2.72. The quantitative estimate of drug-likeness (QED) is 0.554. The molecule has 31 heavy (non-hydrogen) atoms. The minimum absolute atomic E-state index is 0.0260. The maximum absolute atomic E-state index is 12.1. The molecule has 2 aromatic carbocycles. The van der Waals surface area contributed by atoms with E-state index in [1.54, 1.807) is 0 Å². The summed E-state index contributed by atoms with van der Waals surface area (Å²) in [7, 11) is 0. The first-order valence-electron chi connectivity index (χ1n) is 9.30. The second kappa shape index (κ2) is 10.2. The molecule has 2 amide bonds. The Morgan fingerprint density at radius 1 is 0.968 bits per heavy atom. The first-order valence-corrected chi connectivity index (χ1v) is 9.30. The maximum atomic E-state index is 12.1. The van der Waals surface area contributed by atoms with Crippen molar-refractivity contribution in [1.82, 2.24) is 10.3 Å². The lowest BCUT2D eigenvalue weighted by molar-refractivity contribution is -0.148. The number of nitrogens with one attached hydrogen (secondary N) is 1. The number of hydrogen-bond acceptors (Lipinski definition) is 6. The summed E-state index contributed by atoms with van der Waals surface area (Å²) in [5, 5.41) is 3.04. The standard InChI is InChI=1S/C22H18F2N2O5/c23-22(24)31-17-10-6-15(7-11-17)21(29)26-19(27)13-30-20(28)12-9-16-8-5-14-3-1-2-4-18(14)25-16/h1-8,10-11,22H,9,12-13H2,(H,26,27,29). The molecule has 0 spiro atoms. The molecule has 0 bridgehead atoms. The van der Waals surface area contributed by atoms with Crippen LogP contribution in [0.3, 0.4) is 0 Å². The van der Waals surface area contributed by atoms with Gasteiger partial charge in [0.05, 0.1) is 11.9 Å². The van der Waals surface area contributed by atoms with Crippen molar-refractivity contribution in [1.29, 1.82) is 0 Å². The van der Waals surface area contributed by atoms with Crippen LogP contribution in [0.15, 0.2) is 60.7 Å². The molecule has 160 valence electrons. The van der Waals surface area contributed by atoms with Crippen molar-refractivity contribution in [2.45, 2.75) is 19.5 Å². The SMILES string of the molecule is O=C(COC(=O)CCc1ccc2ccccc2n1)NC(=O)c1ccc(OC(F)F)cc1. The Labute approximate surface area is 176 Å². The van der Waals surface area contributed by atoms with Crippen molar-refractivity contribution in [3.8, 4) is 5.75 Å². The molecule has 0 atom stereocenters. The van der Waals surface area contributed by atoms with E-state index in [-0.39, 0.29) is 17.7 Å². The predicted molar refractivity (Wildman–Crippen MR) is 107 cm³/mol. The Morgan fingerprint density at radius 2 is 1.71 bits per heavy atom. The van der Waals surface area contributed by atoms with Gasteiger partial charge in [0.2, 0.25) is 0 Å². The highest BCUT2D eigenvalue weighted by molar-refractivity contribution is 6.05. The van der Waals surface area contributed by atoms with Crippen LogP contribution in [0.1, 0.15) is 22.5 Å². The van der Waals surface area contributed by atoms with Crippen LogP contribution in [0.2, 0.25) is 0 Å². The number of nitrogens with zero attached hydrogens (tertiary/aromatic N) is 1. The van der Waals surface area contributed by atoms with E-state index in [1.165, 1.54) is 24.3 Å². The fraction of sp³-hybridized carbons (Fsp3) is 0.182. The molecule has 1 aromatic heterocycles. The molecule has 0 radical (unpaired) electrons. The molecule has 0 aliphatic rings. The normalized spacial score (nSPS) is 10.7. The monoisotopic (exact) mass is 428 g/mol. The van der Waals surface area contributed by atoms with Crippen molar-refractivity contribution in [2.75, 3.05) is 6.61 Å². The molecule has 7 nitrogen and oxygen atoms in total. The van der Waals surface area contributed by atoms with E-state index in [4.69, 9.17) is 4.74 Å². The number of carbonyl (C=O) groups is 3. The summed E-state index contributed by atoms with van der Waals surface area (Å²) in [6.07, 6.45) is 0.370. The minimum atomic E-state index is -2.98. The molecule has 3 rings (SSSR count). The lowest BCUT2D eigenvalue weighted by atomic mass is 10.1. The van der Waals surface area contributed by atoms with Gasteiger partial charge in [0.15, 0.2) is 6.61 Å². The number of alkyl halides is 2. The number of rotatable bonds is 8. The number of ether oxygens (including phenoxy) is 2. The number of hydrogen-bond donors (Lipinski definition) is 1. The van der Waals surface area contributed by atoms with Gasteiger partial charge in [-0.15, -0.1) is 0 Å². The number of aryl methyl sites for hydroxylation is 1. The first kappa shape index (κ1) is 21.8. The van der Waals surface area contributed by atoms with Gasteiger partial charge in [0.1, 0.15) is 5.75 Å². The zero-order valence-corrected chi connectivity index (χ0v) is 16.2. The smallest absolute Gasteiger partial charge is 0.387 e. The van der Waals surface area contributed by atoms with Crippen LogP contribution in [-0.2, 0) is 20.7 Å². The number of halogens is 2. The molecule has 0 saturated carbocycles. The van der Waals surface area contributed by atoms with Gasteiger partial charge >= 0.3 is 12.6 Å². The van der Waals surface area contributed by atoms with Gasteiger partial charge in [-0.25, -0.2) is 0 Å². The number of benzene rings is 2. The third kappa shape index (κ3) is 6.56. The summed E-state index contributed by atoms with van der Waals surface area (Å²) < 4.78 is 33.3. The Hall–Kier alpha value is -3.88. The number of amides is 2. The molecule has 1 heterocycles. The van der Waals surface area contributed by atoms with E-state index in [0.29, 0.717) is 6.42 Å². The predicted octanol–water partition coefficient (Wildman–Crippen LogP) is 3.27. The van der Waals surface area contributed by atoms with Gasteiger partial charge in [-0.2, -0.15) is 8.78 Å². The number of pyridine rings is 1. The number of esters is 1. The van der Waals surface area contributed by atoms with E-state index in [2.05, 4.69) is 9.72 Å². The van der Waals surface area contributed by atoms with Gasteiger partial charge in [0.25, 0.3) is 11.8 Å². The van der Waals surface area contributed by atoms with Gasteiger partial charge in [-0.1, -0.05) is 24.3 Å². The van der Waals surface area contributed by atoms with E-state index in [1.807, 2.05) is 41.7 Å². The summed E-state index contributed by atoms with van der Waals surface area (Å²) >= 11 is 0. The third-order valence-corrected chi connectivity index (χ3v) is 4.20. The molecule has 0 aliphatic carbocycles. The van der Waals surface area contributed by atoms with E-state index >= 15 is 0 Å². The summed E-state index contributed by atoms with van der Waals surface area (Å²) in [6, 6.07) is 16.1. The van der Waals surface area contributed by atoms with Gasteiger partial charge in [-0.05, 0) is 36.4 Å². The molecular weight excluding hydrogens is 410 g/mol. The summed E-state index contributed by atoms with van der Waals surface area (Å²) in [5.74, 6) is -2.29. The highest BCUT2D eigenvalue weighted by Crippen LogP contribution is 2.15. The molecule has 0 aliphatic heterocycles. The zero-order valence-electron chi connectivity index (χ0n) is 16.2. The molecule has 3 aromatic rings. The molecule has 9 heteroatoms. The Kier molecular flexibility index (Phi) is 7.21. The Bertz CT molecular complexity index is 1090. The fourth-order valence-corrected chi connectivity index (χ4v) is 2.72. The van der Waals surface area contributed by atoms with Crippen LogP contribution < -0.4 is 10.1 Å². The van der Waals surface area contributed by atoms with Gasteiger partial charge in [0, 0.05) is 23.1 Å². The number of fused-ring (bicyclic) bond motifs is 1. The molecule has 0 fully saturated rings. The largest absolute Gasteiger partial charge is 0.456 e. The molecule has 0 unspecified atom stereocenters. The molecule has 0 saturated heterocycles. The number of para-hydroxylation sites is 1. The highest BCUT2D eigenvalue weighted by atomic mass is 19.3. The molecule has 1 N–H and O–H groups in total. The van der Waals surface area contributed by atoms with Crippen LogP contribution >= 0.6 is 0 Å². The summed E-state index contributed by atoms with van der Waals surface area (Å²) in [4.78, 5) is 40.1.